The zero-order chi connectivity index (χ0) is 10.8. The summed E-state index contributed by atoms with van der Waals surface area (Å²) >= 11 is 3.28. The van der Waals surface area contributed by atoms with Crippen molar-refractivity contribution in [2.45, 2.75) is 0 Å². The molecule has 0 atom stereocenters. The Morgan fingerprint density at radius 3 is 2.80 bits per heavy atom. The summed E-state index contributed by atoms with van der Waals surface area (Å²) in [5, 5.41) is 6.61. The number of rotatable bonds is 2. The number of methoxy groups -OCH3 is 1. The first kappa shape index (κ1) is 10.2. The highest BCUT2D eigenvalue weighted by molar-refractivity contribution is 9.10. The van der Waals surface area contributed by atoms with Crippen molar-refractivity contribution in [2.75, 3.05) is 7.11 Å². The van der Waals surface area contributed by atoms with Crippen LogP contribution in [0.1, 0.15) is 0 Å². The number of halogens is 2. The van der Waals surface area contributed by atoms with Gasteiger partial charge < -0.3 is 4.74 Å². The number of nitrogens with zero attached hydrogens (tertiary/aromatic N) is 1. The number of hydrogen-bond acceptors (Lipinski definition) is 2. The van der Waals surface area contributed by atoms with E-state index < -0.39 is 0 Å². The van der Waals surface area contributed by atoms with Gasteiger partial charge in [-0.2, -0.15) is 5.10 Å². The summed E-state index contributed by atoms with van der Waals surface area (Å²) in [5.41, 5.74) is 0.985. The highest BCUT2D eigenvalue weighted by Gasteiger charge is 2.11. The van der Waals surface area contributed by atoms with Gasteiger partial charge in [-0.05, 0) is 28.1 Å². The van der Waals surface area contributed by atoms with Crippen molar-refractivity contribution < 1.29 is 9.13 Å². The first-order valence-corrected chi connectivity index (χ1v) is 5.05. The molecule has 0 aliphatic carbocycles. The molecule has 0 fully saturated rings. The average Bonchev–Trinajstić information content (AvgIpc) is 2.64. The Kier molecular flexibility index (Phi) is 2.73. The van der Waals surface area contributed by atoms with Crippen LogP contribution in [-0.2, 0) is 0 Å². The van der Waals surface area contributed by atoms with E-state index in [1.165, 1.54) is 13.2 Å². The van der Waals surface area contributed by atoms with Crippen LogP contribution in [-0.4, -0.2) is 17.3 Å². The summed E-state index contributed by atoms with van der Waals surface area (Å²) in [6.07, 6.45) is 1.65. The van der Waals surface area contributed by atoms with Crippen LogP contribution in [0, 0.1) is 5.82 Å². The van der Waals surface area contributed by atoms with Crippen molar-refractivity contribution in [1.29, 1.82) is 0 Å². The maximum absolute atomic E-state index is 13.6. The van der Waals surface area contributed by atoms with Gasteiger partial charge in [0.1, 0.15) is 17.3 Å². The number of aromatic amines is 1. The molecule has 1 aromatic heterocycles. The Bertz CT molecular complexity index is 484. The fourth-order valence-electron chi connectivity index (χ4n) is 1.28. The quantitative estimate of drug-likeness (QED) is 0.911. The van der Waals surface area contributed by atoms with E-state index in [1.54, 1.807) is 18.3 Å². The third-order valence-electron chi connectivity index (χ3n) is 2.03. The molecule has 0 aliphatic rings. The molecule has 5 heteroatoms. The lowest BCUT2D eigenvalue weighted by Gasteiger charge is -2.03. The van der Waals surface area contributed by atoms with E-state index in [2.05, 4.69) is 26.1 Å². The van der Waals surface area contributed by atoms with Gasteiger partial charge in [0.05, 0.1) is 11.6 Å². The van der Waals surface area contributed by atoms with Gasteiger partial charge >= 0.3 is 0 Å². The Balaban J connectivity index is 2.50. The summed E-state index contributed by atoms with van der Waals surface area (Å²) < 4.78 is 19.3. The molecule has 0 radical (unpaired) electrons. The number of hydrogen-bond donors (Lipinski definition) is 1. The Morgan fingerprint density at radius 1 is 1.47 bits per heavy atom. The van der Waals surface area contributed by atoms with Crippen molar-refractivity contribution in [3.63, 3.8) is 0 Å². The van der Waals surface area contributed by atoms with Crippen LogP contribution >= 0.6 is 15.9 Å². The molecule has 0 saturated heterocycles. The van der Waals surface area contributed by atoms with Crippen molar-refractivity contribution in [3.8, 4) is 17.0 Å². The molecule has 0 unspecified atom stereocenters. The monoisotopic (exact) mass is 270 g/mol. The van der Waals surface area contributed by atoms with Gasteiger partial charge in [-0.1, -0.05) is 0 Å². The summed E-state index contributed by atoms with van der Waals surface area (Å²) in [6.45, 7) is 0. The predicted molar refractivity (Wildman–Crippen MR) is 58.2 cm³/mol. The predicted octanol–water partition coefficient (Wildman–Crippen LogP) is 2.99. The number of ether oxygens (including phenoxy) is 1. The summed E-state index contributed by atoms with van der Waals surface area (Å²) in [5.74, 6) is 0.130. The second-order valence-corrected chi connectivity index (χ2v) is 3.78. The lowest BCUT2D eigenvalue weighted by atomic mass is 10.1. The fourth-order valence-corrected chi connectivity index (χ4v) is 1.68. The van der Waals surface area contributed by atoms with Gasteiger partial charge in [-0.25, -0.2) is 4.39 Å². The average molecular weight is 271 g/mol. The van der Waals surface area contributed by atoms with Gasteiger partial charge in [-0.3, -0.25) is 5.10 Å². The second-order valence-electron chi connectivity index (χ2n) is 2.93. The summed E-state index contributed by atoms with van der Waals surface area (Å²) in [7, 11) is 1.50. The fraction of sp³-hybridized carbons (Fsp3) is 0.100. The molecule has 3 nitrogen and oxygen atoms in total. The van der Waals surface area contributed by atoms with Crippen LogP contribution in [0.25, 0.3) is 11.3 Å². The number of aromatic nitrogens is 2. The molecule has 1 N–H and O–H groups in total. The smallest absolute Gasteiger partial charge is 0.136 e. The normalized spacial score (nSPS) is 10.3. The van der Waals surface area contributed by atoms with Crippen LogP contribution < -0.4 is 4.74 Å². The molecule has 0 bridgehead atoms. The van der Waals surface area contributed by atoms with Crippen LogP contribution in [0.3, 0.4) is 0 Å². The Morgan fingerprint density at radius 2 is 2.27 bits per heavy atom. The van der Waals surface area contributed by atoms with E-state index in [-0.39, 0.29) is 5.82 Å². The van der Waals surface area contributed by atoms with Crippen LogP contribution in [0.4, 0.5) is 4.39 Å². The Labute approximate surface area is 94.4 Å². The third kappa shape index (κ3) is 1.87. The number of benzene rings is 1. The molecule has 1 aromatic carbocycles. The van der Waals surface area contributed by atoms with Crippen molar-refractivity contribution in [3.05, 3.63) is 34.7 Å². The third-order valence-corrected chi connectivity index (χ3v) is 2.63. The van der Waals surface area contributed by atoms with Crippen LogP contribution in [0.15, 0.2) is 28.9 Å². The first-order valence-electron chi connectivity index (χ1n) is 4.25. The molecule has 0 spiro atoms. The minimum Gasteiger partial charge on any atom is -0.497 e. The van der Waals surface area contributed by atoms with E-state index in [0.29, 0.717) is 17.0 Å². The highest BCUT2D eigenvalue weighted by Crippen LogP contribution is 2.29. The molecular weight excluding hydrogens is 263 g/mol. The zero-order valence-corrected chi connectivity index (χ0v) is 9.51. The summed E-state index contributed by atoms with van der Waals surface area (Å²) in [6, 6.07) is 4.66. The SMILES string of the molecule is COc1ccc(-c2n[nH]cc2Br)c(F)c1. The van der Waals surface area contributed by atoms with E-state index >= 15 is 0 Å². The minimum atomic E-state index is -0.359. The molecule has 2 aromatic rings. The van der Waals surface area contributed by atoms with Crippen molar-refractivity contribution >= 4 is 15.9 Å². The molecule has 15 heavy (non-hydrogen) atoms. The van der Waals surface area contributed by atoms with Crippen LogP contribution in [0.2, 0.25) is 0 Å². The molecule has 0 amide bonds. The molecule has 78 valence electrons. The topological polar surface area (TPSA) is 37.9 Å². The lowest BCUT2D eigenvalue weighted by molar-refractivity contribution is 0.411. The maximum atomic E-state index is 13.6. The summed E-state index contributed by atoms with van der Waals surface area (Å²) in [4.78, 5) is 0. The number of nitrogens with one attached hydrogen (secondary N) is 1. The minimum absolute atomic E-state index is 0.359. The highest BCUT2D eigenvalue weighted by atomic mass is 79.9. The molecular formula is C10H8BrFN2O. The van der Waals surface area contributed by atoms with Gasteiger partial charge in [0, 0.05) is 17.8 Å². The first-order chi connectivity index (χ1) is 7.22. The molecule has 1 heterocycles. The standard InChI is InChI=1S/C10H8BrFN2O/c1-15-6-2-3-7(9(12)4-6)10-8(11)5-13-14-10/h2-5H,1H3,(H,13,14). The van der Waals surface area contributed by atoms with E-state index in [1.807, 2.05) is 0 Å². The second kappa shape index (κ2) is 4.02. The van der Waals surface area contributed by atoms with Crippen molar-refractivity contribution in [2.24, 2.45) is 0 Å². The van der Waals surface area contributed by atoms with Gasteiger partial charge in [0.15, 0.2) is 0 Å². The largest absolute Gasteiger partial charge is 0.497 e. The van der Waals surface area contributed by atoms with E-state index in [9.17, 15) is 4.39 Å². The Hall–Kier alpha value is -1.36. The maximum Gasteiger partial charge on any atom is 0.136 e. The molecule has 0 aliphatic heterocycles. The van der Waals surface area contributed by atoms with E-state index in [0.717, 1.165) is 4.47 Å². The zero-order valence-electron chi connectivity index (χ0n) is 7.92. The van der Waals surface area contributed by atoms with Gasteiger partial charge in [0.25, 0.3) is 0 Å². The lowest BCUT2D eigenvalue weighted by Crippen LogP contribution is -1.88. The van der Waals surface area contributed by atoms with Gasteiger partial charge in [0.2, 0.25) is 0 Å². The van der Waals surface area contributed by atoms with Crippen molar-refractivity contribution in [1.82, 2.24) is 10.2 Å². The number of H-pyrrole nitrogens is 1. The molecule has 0 saturated carbocycles. The van der Waals surface area contributed by atoms with Gasteiger partial charge in [-0.15, -0.1) is 0 Å². The van der Waals surface area contributed by atoms with Crippen LogP contribution in [0.5, 0.6) is 5.75 Å². The molecule has 2 rings (SSSR count). The van der Waals surface area contributed by atoms with E-state index in [4.69, 9.17) is 4.74 Å².